The van der Waals surface area contributed by atoms with Gasteiger partial charge < -0.3 is 9.47 Å². The lowest BCUT2D eigenvalue weighted by atomic mass is 10.1. The molecule has 2 rings (SSSR count). The number of hydrogen-bond donors (Lipinski definition) is 0. The van der Waals surface area contributed by atoms with Crippen molar-refractivity contribution in [3.63, 3.8) is 0 Å². The van der Waals surface area contributed by atoms with Gasteiger partial charge in [-0.3, -0.25) is 4.79 Å². The molecule has 0 amide bonds. The predicted molar refractivity (Wildman–Crippen MR) is 73.1 cm³/mol. The van der Waals surface area contributed by atoms with E-state index in [2.05, 4.69) is 0 Å². The minimum atomic E-state index is 0.164. The van der Waals surface area contributed by atoms with Crippen molar-refractivity contribution in [1.82, 2.24) is 0 Å². The molecule has 0 fully saturated rings. The van der Waals surface area contributed by atoms with Crippen molar-refractivity contribution in [3.8, 4) is 5.75 Å². The topological polar surface area (TPSA) is 35.5 Å². The Morgan fingerprint density at radius 1 is 1.39 bits per heavy atom. The van der Waals surface area contributed by atoms with Crippen LogP contribution >= 0.6 is 23.4 Å². The van der Waals surface area contributed by atoms with Crippen LogP contribution in [0, 0.1) is 0 Å². The van der Waals surface area contributed by atoms with E-state index in [0.29, 0.717) is 30.4 Å². The van der Waals surface area contributed by atoms with Crippen LogP contribution in [0.15, 0.2) is 17.0 Å². The number of hydrogen-bond acceptors (Lipinski definition) is 4. The van der Waals surface area contributed by atoms with Crippen LogP contribution in [0.1, 0.15) is 23.2 Å². The standard InChI is InChI=1S/C13H15ClO3S/c1-16-4-2-5-17-12-8-13-9(7-10(12)14)11(15)3-6-18-13/h7-8H,2-6H2,1H3. The number of benzene rings is 1. The Labute approximate surface area is 116 Å². The second kappa shape index (κ2) is 6.45. The van der Waals surface area contributed by atoms with Gasteiger partial charge in [0.25, 0.3) is 0 Å². The number of ketones is 1. The first-order chi connectivity index (χ1) is 8.72. The van der Waals surface area contributed by atoms with Crippen LogP contribution < -0.4 is 4.74 Å². The normalized spacial score (nSPS) is 14.4. The zero-order valence-corrected chi connectivity index (χ0v) is 11.8. The molecule has 0 aromatic heterocycles. The smallest absolute Gasteiger partial charge is 0.164 e. The van der Waals surface area contributed by atoms with E-state index in [-0.39, 0.29) is 5.78 Å². The van der Waals surface area contributed by atoms with Crippen molar-refractivity contribution in [2.75, 3.05) is 26.1 Å². The summed E-state index contributed by atoms with van der Waals surface area (Å²) in [5.74, 6) is 1.64. The van der Waals surface area contributed by atoms with Crippen LogP contribution in [0.2, 0.25) is 5.02 Å². The van der Waals surface area contributed by atoms with Crippen LogP contribution in [0.25, 0.3) is 0 Å². The van der Waals surface area contributed by atoms with E-state index in [0.717, 1.165) is 22.6 Å². The number of thioether (sulfide) groups is 1. The molecule has 3 nitrogen and oxygen atoms in total. The van der Waals surface area contributed by atoms with Crippen LogP contribution in [-0.4, -0.2) is 31.9 Å². The van der Waals surface area contributed by atoms with Gasteiger partial charge in [-0.15, -0.1) is 11.8 Å². The highest BCUT2D eigenvalue weighted by atomic mass is 35.5. The second-order valence-electron chi connectivity index (χ2n) is 4.00. The van der Waals surface area contributed by atoms with Gasteiger partial charge in [-0.25, -0.2) is 0 Å². The molecule has 1 aromatic carbocycles. The Bertz CT molecular complexity index is 448. The van der Waals surface area contributed by atoms with Crippen molar-refractivity contribution < 1.29 is 14.3 Å². The molecule has 98 valence electrons. The fourth-order valence-corrected chi connectivity index (χ4v) is 3.00. The minimum Gasteiger partial charge on any atom is -0.492 e. The summed E-state index contributed by atoms with van der Waals surface area (Å²) in [6, 6.07) is 3.59. The van der Waals surface area contributed by atoms with Crippen LogP contribution in [-0.2, 0) is 4.74 Å². The molecule has 0 N–H and O–H groups in total. The Hall–Kier alpha value is -0.710. The number of rotatable bonds is 5. The number of methoxy groups -OCH3 is 1. The number of carbonyl (C=O) groups is 1. The molecular weight excluding hydrogens is 272 g/mol. The Kier molecular flexibility index (Phi) is 4.92. The van der Waals surface area contributed by atoms with Crippen molar-refractivity contribution >= 4 is 29.1 Å². The maximum absolute atomic E-state index is 11.7. The van der Waals surface area contributed by atoms with Gasteiger partial charge in [-0.1, -0.05) is 11.6 Å². The number of carbonyl (C=O) groups excluding carboxylic acids is 1. The van der Waals surface area contributed by atoms with E-state index in [9.17, 15) is 4.79 Å². The lowest BCUT2D eigenvalue weighted by molar-refractivity contribution is 0.0984. The summed E-state index contributed by atoms with van der Waals surface area (Å²) < 4.78 is 10.6. The van der Waals surface area contributed by atoms with Gasteiger partial charge in [0.1, 0.15) is 5.75 Å². The lowest BCUT2D eigenvalue weighted by Crippen LogP contribution is -2.09. The van der Waals surface area contributed by atoms with E-state index in [1.165, 1.54) is 0 Å². The fraction of sp³-hybridized carbons (Fsp3) is 0.462. The number of fused-ring (bicyclic) bond motifs is 1. The van der Waals surface area contributed by atoms with Gasteiger partial charge in [0, 0.05) is 42.8 Å². The highest BCUT2D eigenvalue weighted by molar-refractivity contribution is 7.99. The summed E-state index contributed by atoms with van der Waals surface area (Å²) in [6.45, 7) is 1.22. The van der Waals surface area contributed by atoms with Crippen LogP contribution in [0.4, 0.5) is 0 Å². The molecule has 0 unspecified atom stereocenters. The van der Waals surface area contributed by atoms with Gasteiger partial charge in [-0.05, 0) is 12.1 Å². The third-order valence-electron chi connectivity index (χ3n) is 2.67. The average molecular weight is 287 g/mol. The van der Waals surface area contributed by atoms with Gasteiger partial charge in [-0.2, -0.15) is 0 Å². The summed E-state index contributed by atoms with van der Waals surface area (Å²) in [5, 5.41) is 0.502. The van der Waals surface area contributed by atoms with E-state index < -0.39 is 0 Å². The number of halogens is 1. The van der Waals surface area contributed by atoms with Crippen molar-refractivity contribution in [3.05, 3.63) is 22.7 Å². The number of Topliss-reactive ketones (excluding diaryl/α,β-unsaturated/α-hetero) is 1. The quantitative estimate of drug-likeness (QED) is 0.777. The van der Waals surface area contributed by atoms with Crippen LogP contribution in [0.5, 0.6) is 5.75 Å². The minimum absolute atomic E-state index is 0.164. The Morgan fingerprint density at radius 2 is 2.22 bits per heavy atom. The van der Waals surface area contributed by atoms with E-state index >= 15 is 0 Å². The molecule has 1 aromatic rings. The third kappa shape index (κ3) is 3.19. The van der Waals surface area contributed by atoms with Gasteiger partial charge in [0.2, 0.25) is 0 Å². The predicted octanol–water partition coefficient (Wildman–Crippen LogP) is 3.43. The van der Waals surface area contributed by atoms with Gasteiger partial charge in [0.15, 0.2) is 5.78 Å². The Morgan fingerprint density at radius 3 is 3.00 bits per heavy atom. The van der Waals surface area contributed by atoms with E-state index in [1.54, 1.807) is 24.9 Å². The largest absolute Gasteiger partial charge is 0.492 e. The summed E-state index contributed by atoms with van der Waals surface area (Å²) in [4.78, 5) is 12.7. The molecule has 1 aliphatic rings. The Balaban J connectivity index is 2.10. The summed E-state index contributed by atoms with van der Waals surface area (Å²) in [5.41, 5.74) is 0.723. The van der Waals surface area contributed by atoms with Crippen molar-refractivity contribution in [2.24, 2.45) is 0 Å². The number of ether oxygens (including phenoxy) is 2. The fourth-order valence-electron chi connectivity index (χ4n) is 1.76. The zero-order chi connectivity index (χ0) is 13.0. The molecule has 0 saturated heterocycles. The zero-order valence-electron chi connectivity index (χ0n) is 10.2. The van der Waals surface area contributed by atoms with E-state index in [1.807, 2.05) is 6.07 Å². The summed E-state index contributed by atoms with van der Waals surface area (Å²) in [7, 11) is 1.66. The monoisotopic (exact) mass is 286 g/mol. The first kappa shape index (κ1) is 13.7. The lowest BCUT2D eigenvalue weighted by Gasteiger charge is -2.16. The maximum Gasteiger partial charge on any atom is 0.164 e. The first-order valence-corrected chi connectivity index (χ1v) is 7.20. The van der Waals surface area contributed by atoms with Gasteiger partial charge in [0.05, 0.1) is 11.6 Å². The van der Waals surface area contributed by atoms with Crippen molar-refractivity contribution in [2.45, 2.75) is 17.7 Å². The molecule has 18 heavy (non-hydrogen) atoms. The highest BCUT2D eigenvalue weighted by Gasteiger charge is 2.20. The molecule has 0 spiro atoms. The van der Waals surface area contributed by atoms with Gasteiger partial charge >= 0.3 is 0 Å². The van der Waals surface area contributed by atoms with E-state index in [4.69, 9.17) is 21.1 Å². The summed E-state index contributed by atoms with van der Waals surface area (Å²) >= 11 is 7.80. The molecule has 0 radical (unpaired) electrons. The third-order valence-corrected chi connectivity index (χ3v) is 4.02. The SMILES string of the molecule is COCCCOc1cc2c(cc1Cl)C(=O)CCS2. The molecular formula is C13H15ClO3S. The molecule has 5 heteroatoms. The van der Waals surface area contributed by atoms with Crippen LogP contribution in [0.3, 0.4) is 0 Å². The molecule has 1 aliphatic heterocycles. The molecule has 0 bridgehead atoms. The molecule has 0 saturated carbocycles. The first-order valence-electron chi connectivity index (χ1n) is 5.83. The summed E-state index contributed by atoms with van der Waals surface area (Å²) in [6.07, 6.45) is 1.40. The highest BCUT2D eigenvalue weighted by Crippen LogP contribution is 2.37. The molecule has 0 atom stereocenters. The average Bonchev–Trinajstić information content (AvgIpc) is 2.36. The molecule has 1 heterocycles. The maximum atomic E-state index is 11.7. The molecule has 0 aliphatic carbocycles. The second-order valence-corrected chi connectivity index (χ2v) is 5.54. The van der Waals surface area contributed by atoms with Crippen molar-refractivity contribution in [1.29, 1.82) is 0 Å².